The summed E-state index contributed by atoms with van der Waals surface area (Å²) in [5.74, 6) is -1.12. The molecule has 8 nitrogen and oxygen atoms in total. The molecule has 1 aliphatic rings. The Hall–Kier alpha value is -2.00. The number of benzene rings is 1. The van der Waals surface area contributed by atoms with E-state index in [9.17, 15) is 20.0 Å². The molecule has 1 fully saturated rings. The molecule has 2 atom stereocenters. The predicted octanol–water partition coefficient (Wildman–Crippen LogP) is 1.49. The van der Waals surface area contributed by atoms with E-state index in [2.05, 4.69) is 5.32 Å². The van der Waals surface area contributed by atoms with E-state index in [1.165, 1.54) is 23.9 Å². The molecule has 1 aromatic carbocycles. The first-order chi connectivity index (χ1) is 9.93. The average molecular weight is 314 g/mol. The first-order valence-electron chi connectivity index (χ1n) is 6.18. The predicted molar refractivity (Wildman–Crippen MR) is 75.7 cm³/mol. The number of hydrogen-bond donors (Lipinski definition) is 3. The van der Waals surface area contributed by atoms with Gasteiger partial charge in [-0.25, -0.2) is 0 Å². The quantitative estimate of drug-likeness (QED) is 0.552. The first kappa shape index (κ1) is 15.4. The maximum absolute atomic E-state index is 11.0. The van der Waals surface area contributed by atoms with Gasteiger partial charge in [0.1, 0.15) is 6.04 Å². The number of nitro benzene ring substituents is 1. The summed E-state index contributed by atoms with van der Waals surface area (Å²) in [4.78, 5) is 21.2. The molecule has 114 valence electrons. The Labute approximate surface area is 124 Å². The van der Waals surface area contributed by atoms with Gasteiger partial charge in [0, 0.05) is 11.8 Å². The van der Waals surface area contributed by atoms with Gasteiger partial charge in [-0.2, -0.15) is 0 Å². The van der Waals surface area contributed by atoms with Crippen LogP contribution in [0.25, 0.3) is 0 Å². The van der Waals surface area contributed by atoms with Crippen molar-refractivity contribution in [2.45, 2.75) is 18.3 Å². The Morgan fingerprint density at radius 3 is 2.86 bits per heavy atom. The first-order valence-corrected chi connectivity index (χ1v) is 7.23. The number of nitrogens with zero attached hydrogens (tertiary/aromatic N) is 1. The molecule has 1 aromatic rings. The molecule has 2 rings (SSSR count). The third-order valence-electron chi connectivity index (χ3n) is 2.96. The Morgan fingerprint density at radius 2 is 2.33 bits per heavy atom. The maximum Gasteiger partial charge on any atom is 0.321 e. The van der Waals surface area contributed by atoms with Gasteiger partial charge in [0.05, 0.1) is 16.9 Å². The minimum Gasteiger partial charge on any atom is -0.500 e. The van der Waals surface area contributed by atoms with E-state index in [0.717, 1.165) is 0 Å². The zero-order chi connectivity index (χ0) is 15.6. The Bertz CT molecular complexity index is 579. The van der Waals surface area contributed by atoms with Crippen molar-refractivity contribution in [3.05, 3.63) is 27.8 Å². The van der Waals surface area contributed by atoms with Crippen LogP contribution in [0.1, 0.15) is 17.9 Å². The molecule has 1 heterocycles. The van der Waals surface area contributed by atoms with Crippen molar-refractivity contribution >= 4 is 23.4 Å². The number of aliphatic carboxylic acids is 1. The molecule has 0 saturated carbocycles. The van der Waals surface area contributed by atoms with Crippen molar-refractivity contribution in [2.75, 3.05) is 12.4 Å². The monoisotopic (exact) mass is 314 g/mol. The molecule has 0 aromatic heterocycles. The highest BCUT2D eigenvalue weighted by molar-refractivity contribution is 7.99. The molecular weight excluding hydrogens is 300 g/mol. The number of carbonyl (C=O) groups is 1. The van der Waals surface area contributed by atoms with Gasteiger partial charge in [-0.3, -0.25) is 20.2 Å². The lowest BCUT2D eigenvalue weighted by atomic mass is 10.1. The van der Waals surface area contributed by atoms with Crippen LogP contribution in [0, 0.1) is 10.1 Å². The Kier molecular flexibility index (Phi) is 4.53. The van der Waals surface area contributed by atoms with Crippen LogP contribution in [0.2, 0.25) is 0 Å². The second kappa shape index (κ2) is 6.19. The lowest BCUT2D eigenvalue weighted by Crippen LogP contribution is -2.33. The number of rotatable bonds is 5. The van der Waals surface area contributed by atoms with Crippen molar-refractivity contribution < 1.29 is 24.7 Å². The molecule has 1 aliphatic heterocycles. The summed E-state index contributed by atoms with van der Waals surface area (Å²) in [6.07, 6.45) is 0. The standard InChI is InChI=1S/C12H14N2O6S/c1-2-20-9-4-6(3-8(10(9)15)14(18)19)11-13-7(5-21-11)12(16)17/h3-4,7,11,13,15H,2,5H2,1H3,(H,16,17)/t7-,11+/m1/s1. The highest BCUT2D eigenvalue weighted by atomic mass is 32.2. The van der Waals surface area contributed by atoms with Crippen molar-refractivity contribution in [1.29, 1.82) is 0 Å². The number of phenols is 1. The topological polar surface area (TPSA) is 122 Å². The Balaban J connectivity index is 2.35. The van der Waals surface area contributed by atoms with E-state index in [1.54, 1.807) is 6.92 Å². The van der Waals surface area contributed by atoms with Gasteiger partial charge in [0.15, 0.2) is 5.75 Å². The molecule has 9 heteroatoms. The van der Waals surface area contributed by atoms with Crippen LogP contribution in [0.4, 0.5) is 5.69 Å². The number of hydrogen-bond acceptors (Lipinski definition) is 7. The fourth-order valence-corrected chi connectivity index (χ4v) is 3.19. The molecular formula is C12H14N2O6S. The number of phenolic OH excluding ortho intramolecular Hbond substituents is 1. The third-order valence-corrected chi connectivity index (χ3v) is 4.22. The summed E-state index contributed by atoms with van der Waals surface area (Å²) in [6.45, 7) is 1.94. The third kappa shape index (κ3) is 3.19. The molecule has 0 spiro atoms. The van der Waals surface area contributed by atoms with Crippen molar-refractivity contribution in [3.63, 3.8) is 0 Å². The van der Waals surface area contributed by atoms with Crippen LogP contribution in [-0.4, -0.2) is 39.5 Å². The summed E-state index contributed by atoms with van der Waals surface area (Å²) >= 11 is 1.33. The van der Waals surface area contributed by atoms with Crippen LogP contribution >= 0.6 is 11.8 Å². The van der Waals surface area contributed by atoms with E-state index in [4.69, 9.17) is 9.84 Å². The average Bonchev–Trinajstić information content (AvgIpc) is 2.90. The van der Waals surface area contributed by atoms with Crippen molar-refractivity contribution in [1.82, 2.24) is 5.32 Å². The largest absolute Gasteiger partial charge is 0.500 e. The number of carboxylic acid groups (broad SMARTS) is 1. The fourth-order valence-electron chi connectivity index (χ4n) is 1.98. The molecule has 0 aliphatic carbocycles. The summed E-state index contributed by atoms with van der Waals surface area (Å²) in [6, 6.07) is 2.01. The minimum atomic E-state index is -0.969. The van der Waals surface area contributed by atoms with Gasteiger partial charge >= 0.3 is 11.7 Å². The van der Waals surface area contributed by atoms with Crippen LogP contribution in [0.3, 0.4) is 0 Å². The molecule has 3 N–H and O–H groups in total. The van der Waals surface area contributed by atoms with Gasteiger partial charge in [-0.1, -0.05) is 0 Å². The van der Waals surface area contributed by atoms with Crippen LogP contribution in [-0.2, 0) is 4.79 Å². The van der Waals surface area contributed by atoms with Crippen LogP contribution in [0.5, 0.6) is 11.5 Å². The van der Waals surface area contributed by atoms with Crippen LogP contribution < -0.4 is 10.1 Å². The van der Waals surface area contributed by atoms with E-state index >= 15 is 0 Å². The van der Waals surface area contributed by atoms with E-state index < -0.39 is 33.7 Å². The van der Waals surface area contributed by atoms with Gasteiger partial charge in [0.2, 0.25) is 5.75 Å². The number of carboxylic acids is 1. The number of thioether (sulfide) groups is 1. The van der Waals surface area contributed by atoms with Crippen molar-refractivity contribution in [2.24, 2.45) is 0 Å². The number of nitro groups is 1. The van der Waals surface area contributed by atoms with Gasteiger partial charge in [-0.15, -0.1) is 11.8 Å². The molecule has 0 unspecified atom stereocenters. The van der Waals surface area contributed by atoms with Crippen LogP contribution in [0.15, 0.2) is 12.1 Å². The zero-order valence-electron chi connectivity index (χ0n) is 11.1. The number of ether oxygens (including phenoxy) is 1. The fraction of sp³-hybridized carbons (Fsp3) is 0.417. The van der Waals surface area contributed by atoms with Gasteiger partial charge < -0.3 is 14.9 Å². The number of nitrogens with one attached hydrogen (secondary N) is 1. The highest BCUT2D eigenvalue weighted by Crippen LogP contribution is 2.42. The Morgan fingerprint density at radius 1 is 1.62 bits per heavy atom. The van der Waals surface area contributed by atoms with E-state index in [-0.39, 0.29) is 12.4 Å². The maximum atomic E-state index is 11.0. The molecule has 0 amide bonds. The van der Waals surface area contributed by atoms with E-state index in [0.29, 0.717) is 11.3 Å². The normalized spacial score (nSPS) is 21.2. The zero-order valence-corrected chi connectivity index (χ0v) is 11.9. The molecule has 0 radical (unpaired) electrons. The smallest absolute Gasteiger partial charge is 0.321 e. The van der Waals surface area contributed by atoms with Crippen molar-refractivity contribution in [3.8, 4) is 11.5 Å². The molecule has 21 heavy (non-hydrogen) atoms. The second-order valence-electron chi connectivity index (χ2n) is 4.35. The highest BCUT2D eigenvalue weighted by Gasteiger charge is 2.32. The summed E-state index contributed by atoms with van der Waals surface area (Å²) < 4.78 is 5.19. The SMILES string of the molecule is CCOc1cc([C@H]2N[C@@H](C(=O)O)CS2)cc([N+](=O)[O-])c1O. The van der Waals surface area contributed by atoms with Gasteiger partial charge in [0.25, 0.3) is 0 Å². The minimum absolute atomic E-state index is 0.0166. The second-order valence-corrected chi connectivity index (χ2v) is 5.49. The number of aromatic hydroxyl groups is 1. The lowest BCUT2D eigenvalue weighted by molar-refractivity contribution is -0.386. The van der Waals surface area contributed by atoms with Gasteiger partial charge in [-0.05, 0) is 18.6 Å². The molecule has 0 bridgehead atoms. The van der Waals surface area contributed by atoms with E-state index in [1.807, 2.05) is 0 Å². The molecule has 1 saturated heterocycles. The summed E-state index contributed by atoms with van der Waals surface area (Å²) in [5, 5.41) is 32.2. The summed E-state index contributed by atoms with van der Waals surface area (Å²) in [7, 11) is 0. The lowest BCUT2D eigenvalue weighted by Gasteiger charge is -2.14. The summed E-state index contributed by atoms with van der Waals surface area (Å²) in [5.41, 5.74) is 0.0359.